The van der Waals surface area contributed by atoms with Gasteiger partial charge in [-0.25, -0.2) is 4.98 Å². The van der Waals surface area contributed by atoms with Crippen molar-refractivity contribution in [2.75, 3.05) is 32.1 Å². The van der Waals surface area contributed by atoms with Crippen molar-refractivity contribution in [3.8, 4) is 28.5 Å². The van der Waals surface area contributed by atoms with Crippen LogP contribution in [0.5, 0.6) is 17.2 Å². The molecule has 8 nitrogen and oxygen atoms in total. The van der Waals surface area contributed by atoms with Gasteiger partial charge in [0.05, 0.1) is 33.2 Å². The Kier molecular flexibility index (Phi) is 6.87. The van der Waals surface area contributed by atoms with Gasteiger partial charge in [-0.05, 0) is 18.2 Å². The Morgan fingerprint density at radius 2 is 1.70 bits per heavy atom. The Morgan fingerprint density at radius 3 is 2.33 bits per heavy atom. The SMILES string of the molecule is COc1cc(OC)c(OC)cc1/C=N\Nc1nc(-c2ccc(NC(C)=O)cc2)cs1. The second-order valence-corrected chi connectivity index (χ2v) is 6.97. The molecule has 0 unspecified atom stereocenters. The van der Waals surface area contributed by atoms with Crippen LogP contribution in [0.4, 0.5) is 10.8 Å². The Labute approximate surface area is 178 Å². The van der Waals surface area contributed by atoms with E-state index in [0.29, 0.717) is 22.4 Å². The number of benzene rings is 2. The van der Waals surface area contributed by atoms with Crippen molar-refractivity contribution >= 4 is 34.3 Å². The summed E-state index contributed by atoms with van der Waals surface area (Å²) in [6.45, 7) is 1.48. The summed E-state index contributed by atoms with van der Waals surface area (Å²) < 4.78 is 16.0. The van der Waals surface area contributed by atoms with Gasteiger partial charge in [0, 0.05) is 35.2 Å². The third-order valence-electron chi connectivity index (χ3n) is 4.10. The molecule has 0 aliphatic rings. The predicted molar refractivity (Wildman–Crippen MR) is 119 cm³/mol. The lowest BCUT2D eigenvalue weighted by molar-refractivity contribution is -0.114. The molecule has 0 aliphatic heterocycles. The lowest BCUT2D eigenvalue weighted by Crippen LogP contribution is -2.05. The maximum atomic E-state index is 11.1. The predicted octanol–water partition coefficient (Wildman–Crippen LogP) is 4.24. The zero-order chi connectivity index (χ0) is 21.5. The molecule has 156 valence electrons. The third-order valence-corrected chi connectivity index (χ3v) is 4.85. The van der Waals surface area contributed by atoms with Crippen LogP contribution >= 0.6 is 11.3 Å². The van der Waals surface area contributed by atoms with Gasteiger partial charge in [-0.2, -0.15) is 5.10 Å². The van der Waals surface area contributed by atoms with Gasteiger partial charge in [-0.15, -0.1) is 11.3 Å². The summed E-state index contributed by atoms with van der Waals surface area (Å²) in [5, 5.41) is 9.57. The number of hydrazone groups is 1. The van der Waals surface area contributed by atoms with Crippen molar-refractivity contribution in [2.45, 2.75) is 6.92 Å². The highest BCUT2D eigenvalue weighted by molar-refractivity contribution is 7.14. The number of nitrogens with one attached hydrogen (secondary N) is 2. The van der Waals surface area contributed by atoms with E-state index >= 15 is 0 Å². The molecular weight excluding hydrogens is 404 g/mol. The molecule has 1 aromatic heterocycles. The monoisotopic (exact) mass is 426 g/mol. The molecule has 2 aromatic carbocycles. The van der Waals surface area contributed by atoms with Gasteiger partial charge in [0.25, 0.3) is 0 Å². The molecule has 0 spiro atoms. The molecule has 0 aliphatic carbocycles. The fourth-order valence-electron chi connectivity index (χ4n) is 2.70. The Balaban J connectivity index is 1.71. The summed E-state index contributed by atoms with van der Waals surface area (Å²) in [6.07, 6.45) is 1.63. The van der Waals surface area contributed by atoms with Gasteiger partial charge in [-0.3, -0.25) is 10.2 Å². The maximum absolute atomic E-state index is 11.1. The second-order valence-electron chi connectivity index (χ2n) is 6.12. The molecule has 0 radical (unpaired) electrons. The highest BCUT2D eigenvalue weighted by Gasteiger charge is 2.10. The third kappa shape index (κ3) is 5.06. The van der Waals surface area contributed by atoms with Crippen LogP contribution < -0.4 is 25.0 Å². The minimum atomic E-state index is -0.105. The molecular formula is C21H22N4O4S. The van der Waals surface area contributed by atoms with Gasteiger partial charge >= 0.3 is 0 Å². The normalized spacial score (nSPS) is 10.7. The van der Waals surface area contributed by atoms with Crippen LogP contribution in [0.15, 0.2) is 46.9 Å². The zero-order valence-corrected chi connectivity index (χ0v) is 17.9. The number of hydrogen-bond acceptors (Lipinski definition) is 8. The second kappa shape index (κ2) is 9.75. The van der Waals surface area contributed by atoms with E-state index in [0.717, 1.165) is 22.5 Å². The molecule has 0 saturated heterocycles. The van der Waals surface area contributed by atoms with Crippen LogP contribution in [0, 0.1) is 0 Å². The van der Waals surface area contributed by atoms with E-state index in [2.05, 4.69) is 20.8 Å². The summed E-state index contributed by atoms with van der Waals surface area (Å²) in [5.74, 6) is 1.66. The van der Waals surface area contributed by atoms with Gasteiger partial charge in [0.15, 0.2) is 11.5 Å². The minimum Gasteiger partial charge on any atom is -0.496 e. The molecule has 0 saturated carbocycles. The minimum absolute atomic E-state index is 0.105. The molecule has 2 N–H and O–H groups in total. The van der Waals surface area contributed by atoms with E-state index in [1.165, 1.54) is 18.3 Å². The van der Waals surface area contributed by atoms with Crippen LogP contribution in [0.1, 0.15) is 12.5 Å². The molecule has 9 heteroatoms. The van der Waals surface area contributed by atoms with Crippen LogP contribution in [0.3, 0.4) is 0 Å². The molecule has 1 amide bonds. The van der Waals surface area contributed by atoms with E-state index in [9.17, 15) is 4.79 Å². The average Bonchev–Trinajstić information content (AvgIpc) is 3.22. The van der Waals surface area contributed by atoms with Crippen molar-refractivity contribution in [1.29, 1.82) is 0 Å². The largest absolute Gasteiger partial charge is 0.496 e. The van der Waals surface area contributed by atoms with E-state index < -0.39 is 0 Å². The Hall–Kier alpha value is -3.59. The first kappa shape index (κ1) is 21.1. The molecule has 3 rings (SSSR count). The summed E-state index contributed by atoms with van der Waals surface area (Å²) in [6, 6.07) is 11.0. The maximum Gasteiger partial charge on any atom is 0.221 e. The number of amides is 1. The van der Waals surface area contributed by atoms with Crippen LogP contribution in [-0.2, 0) is 4.79 Å². The molecule has 30 heavy (non-hydrogen) atoms. The van der Waals surface area contributed by atoms with E-state index in [4.69, 9.17) is 14.2 Å². The zero-order valence-electron chi connectivity index (χ0n) is 17.1. The lowest BCUT2D eigenvalue weighted by atomic mass is 10.1. The number of methoxy groups -OCH3 is 3. The number of anilines is 2. The van der Waals surface area contributed by atoms with Gasteiger partial charge in [-0.1, -0.05) is 12.1 Å². The van der Waals surface area contributed by atoms with E-state index in [-0.39, 0.29) is 5.91 Å². The fourth-order valence-corrected chi connectivity index (χ4v) is 3.36. The number of carbonyl (C=O) groups is 1. The number of thiazole rings is 1. The van der Waals surface area contributed by atoms with Crippen molar-refractivity contribution in [1.82, 2.24) is 4.98 Å². The fraction of sp³-hybridized carbons (Fsp3) is 0.190. The van der Waals surface area contributed by atoms with Crippen molar-refractivity contribution in [3.63, 3.8) is 0 Å². The smallest absolute Gasteiger partial charge is 0.221 e. The van der Waals surface area contributed by atoms with Crippen LogP contribution in [0.2, 0.25) is 0 Å². The summed E-state index contributed by atoms with van der Waals surface area (Å²) in [7, 11) is 4.72. The number of hydrogen-bond donors (Lipinski definition) is 2. The number of nitrogens with zero attached hydrogens (tertiary/aromatic N) is 2. The van der Waals surface area contributed by atoms with Crippen LogP contribution in [0.25, 0.3) is 11.3 Å². The summed E-state index contributed by atoms with van der Waals surface area (Å²) >= 11 is 1.44. The van der Waals surface area contributed by atoms with E-state index in [1.807, 2.05) is 29.6 Å². The molecule has 0 fully saturated rings. The molecule has 1 heterocycles. The van der Waals surface area contributed by atoms with Crippen LogP contribution in [-0.4, -0.2) is 38.4 Å². The summed E-state index contributed by atoms with van der Waals surface area (Å²) in [4.78, 5) is 15.7. The molecule has 3 aromatic rings. The first-order valence-electron chi connectivity index (χ1n) is 8.96. The molecule has 0 atom stereocenters. The lowest BCUT2D eigenvalue weighted by Gasteiger charge is -2.11. The van der Waals surface area contributed by atoms with Gasteiger partial charge < -0.3 is 19.5 Å². The quantitative estimate of drug-likeness (QED) is 0.413. The highest BCUT2D eigenvalue weighted by atomic mass is 32.1. The van der Waals surface area contributed by atoms with Crippen molar-refractivity contribution in [3.05, 3.63) is 47.3 Å². The average molecular weight is 426 g/mol. The topological polar surface area (TPSA) is 94.1 Å². The number of rotatable bonds is 8. The Morgan fingerprint density at radius 1 is 1.03 bits per heavy atom. The molecule has 0 bridgehead atoms. The first-order chi connectivity index (χ1) is 14.5. The summed E-state index contributed by atoms with van der Waals surface area (Å²) in [5.41, 5.74) is 6.16. The Bertz CT molecular complexity index is 1050. The van der Waals surface area contributed by atoms with Crippen molar-refractivity contribution < 1.29 is 19.0 Å². The number of aromatic nitrogens is 1. The first-order valence-corrected chi connectivity index (χ1v) is 9.84. The standard InChI is InChI=1S/C21H22N4O4S/c1-13(26)23-16-7-5-14(6-8-16)17-12-30-21(24-17)25-22-11-15-9-19(28-3)20(29-4)10-18(15)27-2/h5-12H,1-4H3,(H,23,26)(H,24,25)/b22-11-. The van der Waals surface area contributed by atoms with Gasteiger partial charge in [0.1, 0.15) is 5.75 Å². The van der Waals surface area contributed by atoms with E-state index in [1.54, 1.807) is 39.7 Å². The number of carbonyl (C=O) groups excluding carboxylic acids is 1. The van der Waals surface area contributed by atoms with Crippen molar-refractivity contribution in [2.24, 2.45) is 5.10 Å². The highest BCUT2D eigenvalue weighted by Crippen LogP contribution is 2.34. The van der Waals surface area contributed by atoms with Gasteiger partial charge in [0.2, 0.25) is 11.0 Å². The number of ether oxygens (including phenoxy) is 3.